The molecule has 224 valence electrons. The molecule has 1 heterocycles. The second-order valence-electron chi connectivity index (χ2n) is 16.9. The molecule has 0 amide bonds. The third-order valence-corrected chi connectivity index (χ3v) is 15.0. The molecular formula is C37H52O4. The van der Waals surface area contributed by atoms with Crippen LogP contribution in [-0.4, -0.2) is 30.6 Å². The number of ketones is 1. The Labute approximate surface area is 247 Å². The molecule has 0 unspecified atom stereocenters. The maximum Gasteiger partial charge on any atom is 0.338 e. The van der Waals surface area contributed by atoms with Crippen molar-refractivity contribution in [1.29, 1.82) is 0 Å². The number of hydrogen-bond donors (Lipinski definition) is 0. The predicted molar refractivity (Wildman–Crippen MR) is 160 cm³/mol. The van der Waals surface area contributed by atoms with E-state index in [1.807, 2.05) is 30.3 Å². The largest absolute Gasteiger partial charge is 0.461 e. The molecule has 4 heteroatoms. The molecule has 0 radical (unpaired) electrons. The zero-order valence-electron chi connectivity index (χ0n) is 26.5. The number of fused-ring (bicyclic) bond motifs is 8. The first kappa shape index (κ1) is 28.1. The van der Waals surface area contributed by atoms with Gasteiger partial charge < -0.3 is 9.47 Å². The molecule has 1 saturated heterocycles. The van der Waals surface area contributed by atoms with Gasteiger partial charge in [0.2, 0.25) is 0 Å². The minimum Gasteiger partial charge on any atom is -0.461 e. The van der Waals surface area contributed by atoms with E-state index >= 15 is 0 Å². The summed E-state index contributed by atoms with van der Waals surface area (Å²) in [4.78, 5) is 27.2. The van der Waals surface area contributed by atoms with Crippen molar-refractivity contribution >= 4 is 11.8 Å². The summed E-state index contributed by atoms with van der Waals surface area (Å²) in [5, 5.41) is 0. The maximum absolute atomic E-state index is 14.1. The smallest absolute Gasteiger partial charge is 0.338 e. The lowest BCUT2D eigenvalue weighted by molar-refractivity contribution is -0.232. The molecule has 11 atom stereocenters. The number of carbonyl (C=O) groups excluding carboxylic acids is 2. The van der Waals surface area contributed by atoms with Gasteiger partial charge in [-0.25, -0.2) is 4.79 Å². The lowest BCUT2D eigenvalue weighted by Crippen LogP contribution is -2.68. The fourth-order valence-electron chi connectivity index (χ4n) is 12.8. The molecule has 1 aromatic carbocycles. The fraction of sp³-hybridized carbons (Fsp3) is 0.784. The van der Waals surface area contributed by atoms with Crippen LogP contribution in [0.25, 0.3) is 0 Å². The molecule has 6 aliphatic rings. The number of carbonyl (C=O) groups is 2. The van der Waals surface area contributed by atoms with Gasteiger partial charge >= 0.3 is 5.97 Å². The zero-order chi connectivity index (χ0) is 29.2. The lowest BCUT2D eigenvalue weighted by atomic mass is 9.32. The van der Waals surface area contributed by atoms with Gasteiger partial charge in [0, 0.05) is 10.8 Å². The Hall–Kier alpha value is -1.68. The number of ether oxygens (including phenoxy) is 2. The molecule has 0 spiro atoms. The van der Waals surface area contributed by atoms with E-state index in [-0.39, 0.29) is 45.3 Å². The van der Waals surface area contributed by atoms with Crippen molar-refractivity contribution in [2.24, 2.45) is 62.6 Å². The second-order valence-corrected chi connectivity index (χ2v) is 16.9. The summed E-state index contributed by atoms with van der Waals surface area (Å²) in [5.74, 6) is 3.52. The number of benzene rings is 1. The van der Waals surface area contributed by atoms with Crippen LogP contribution in [0.3, 0.4) is 0 Å². The summed E-state index contributed by atoms with van der Waals surface area (Å²) in [7, 11) is 0. The molecular weight excluding hydrogens is 508 g/mol. The molecule has 7 rings (SSSR count). The fourth-order valence-corrected chi connectivity index (χ4v) is 12.8. The molecule has 5 aliphatic carbocycles. The van der Waals surface area contributed by atoms with Crippen LogP contribution in [-0.2, 0) is 14.3 Å². The quantitative estimate of drug-likeness (QED) is 0.275. The Balaban J connectivity index is 1.22. The zero-order valence-corrected chi connectivity index (χ0v) is 26.5. The van der Waals surface area contributed by atoms with Crippen molar-refractivity contribution in [3.63, 3.8) is 0 Å². The van der Waals surface area contributed by atoms with E-state index in [4.69, 9.17) is 9.47 Å². The number of epoxide rings is 1. The van der Waals surface area contributed by atoms with Gasteiger partial charge in [-0.1, -0.05) is 66.7 Å². The van der Waals surface area contributed by atoms with Crippen molar-refractivity contribution in [3.05, 3.63) is 35.9 Å². The van der Waals surface area contributed by atoms with Crippen LogP contribution < -0.4 is 0 Å². The Morgan fingerprint density at radius 2 is 1.63 bits per heavy atom. The van der Waals surface area contributed by atoms with E-state index in [9.17, 15) is 9.59 Å². The summed E-state index contributed by atoms with van der Waals surface area (Å²) < 4.78 is 12.3. The molecule has 1 aromatic rings. The molecule has 0 aromatic heterocycles. The first-order chi connectivity index (χ1) is 19.3. The highest BCUT2D eigenvalue weighted by atomic mass is 16.6. The van der Waals surface area contributed by atoms with Gasteiger partial charge in [0.1, 0.15) is 6.10 Å². The van der Waals surface area contributed by atoms with E-state index in [0.29, 0.717) is 53.5 Å². The van der Waals surface area contributed by atoms with E-state index < -0.39 is 0 Å². The van der Waals surface area contributed by atoms with Crippen molar-refractivity contribution in [3.8, 4) is 0 Å². The molecule has 0 bridgehead atoms. The average Bonchev–Trinajstić information content (AvgIpc) is 3.67. The van der Waals surface area contributed by atoms with Crippen molar-refractivity contribution in [2.75, 3.05) is 6.61 Å². The summed E-state index contributed by atoms with van der Waals surface area (Å²) >= 11 is 0. The summed E-state index contributed by atoms with van der Waals surface area (Å²) in [5.41, 5.74) is 0.807. The van der Waals surface area contributed by atoms with Gasteiger partial charge in [-0.15, -0.1) is 0 Å². The first-order valence-electron chi connectivity index (χ1n) is 16.7. The van der Waals surface area contributed by atoms with Gasteiger partial charge in [0.15, 0.2) is 5.78 Å². The number of rotatable bonds is 4. The number of hydrogen-bond acceptors (Lipinski definition) is 4. The molecule has 6 fully saturated rings. The third-order valence-electron chi connectivity index (χ3n) is 15.0. The number of Topliss-reactive ketones (excluding diaryl/α,β-unsaturated/α-hetero) is 1. The minimum atomic E-state index is -0.297. The van der Waals surface area contributed by atoms with Gasteiger partial charge in [-0.3, -0.25) is 4.79 Å². The van der Waals surface area contributed by atoms with Crippen LogP contribution in [0, 0.1) is 62.6 Å². The topological polar surface area (TPSA) is 55.9 Å². The van der Waals surface area contributed by atoms with Gasteiger partial charge in [-0.05, 0) is 115 Å². The molecule has 1 aliphatic heterocycles. The third kappa shape index (κ3) is 3.55. The Kier molecular flexibility index (Phi) is 6.12. The molecule has 41 heavy (non-hydrogen) atoms. The Morgan fingerprint density at radius 1 is 0.902 bits per heavy atom. The predicted octanol–water partition coefficient (Wildman–Crippen LogP) is 8.14. The van der Waals surface area contributed by atoms with Crippen LogP contribution in [0.15, 0.2) is 30.3 Å². The van der Waals surface area contributed by atoms with Crippen molar-refractivity contribution in [2.45, 2.75) is 112 Å². The van der Waals surface area contributed by atoms with E-state index in [1.165, 1.54) is 32.1 Å². The van der Waals surface area contributed by atoms with Crippen molar-refractivity contribution < 1.29 is 19.1 Å². The first-order valence-corrected chi connectivity index (χ1v) is 16.7. The van der Waals surface area contributed by atoms with Crippen LogP contribution in [0.2, 0.25) is 0 Å². The van der Waals surface area contributed by atoms with E-state index in [0.717, 1.165) is 19.3 Å². The SMILES string of the molecule is CC(C)[C@@H]1CC[C@]2(COC(=O)c3ccccc3)CC[C@]3(C)[C@H](CC[C@@H]4[C@@]5(C)C(=O)[C@H]6O[C@H]6C(C)(C)[C@@H]5CC[C@]43C)[C@@H]12. The summed E-state index contributed by atoms with van der Waals surface area (Å²) in [6.45, 7) is 17.7. The summed E-state index contributed by atoms with van der Waals surface area (Å²) in [6, 6.07) is 9.50. The lowest BCUT2D eigenvalue weighted by Gasteiger charge is -2.71. The minimum absolute atomic E-state index is 0.0605. The second kappa shape index (κ2) is 8.93. The van der Waals surface area contributed by atoms with Crippen LogP contribution >= 0.6 is 0 Å². The summed E-state index contributed by atoms with van der Waals surface area (Å²) in [6.07, 6.45) is 9.37. The highest BCUT2D eigenvalue weighted by Gasteiger charge is 2.76. The highest BCUT2D eigenvalue weighted by Crippen LogP contribution is 2.78. The van der Waals surface area contributed by atoms with Crippen LogP contribution in [0.5, 0.6) is 0 Å². The van der Waals surface area contributed by atoms with Crippen LogP contribution in [0.4, 0.5) is 0 Å². The van der Waals surface area contributed by atoms with Gasteiger partial charge in [-0.2, -0.15) is 0 Å². The van der Waals surface area contributed by atoms with Crippen molar-refractivity contribution in [1.82, 2.24) is 0 Å². The average molecular weight is 561 g/mol. The van der Waals surface area contributed by atoms with E-state index in [1.54, 1.807) is 0 Å². The number of esters is 1. The normalized spacial score (nSPS) is 49.3. The molecule has 5 saturated carbocycles. The monoisotopic (exact) mass is 560 g/mol. The highest BCUT2D eigenvalue weighted by molar-refractivity contribution is 5.93. The standard InChI is InChI=1S/C37H52O4/c1-22(2)24-15-18-37(21-40-32(39)23-11-9-8-10-12-23)20-19-34(5)25(28(24)37)13-14-27-35(34,6)17-16-26-33(3,4)31-29(41-31)30(38)36(26,27)7/h8-12,22,24-29,31H,13-21H2,1-7H3/t24-,25+,26-,27-,28+,29+,31+,34+,35+,36-,37+/m0/s1. The molecule has 0 N–H and O–H groups in total. The molecule has 4 nitrogen and oxygen atoms in total. The van der Waals surface area contributed by atoms with Gasteiger partial charge in [0.25, 0.3) is 0 Å². The van der Waals surface area contributed by atoms with Crippen LogP contribution in [0.1, 0.15) is 110 Å². The van der Waals surface area contributed by atoms with Gasteiger partial charge in [0.05, 0.1) is 18.3 Å². The maximum atomic E-state index is 14.1. The van der Waals surface area contributed by atoms with E-state index in [2.05, 4.69) is 48.5 Å². The Bertz CT molecular complexity index is 1240. The Morgan fingerprint density at radius 3 is 2.34 bits per heavy atom.